The van der Waals surface area contributed by atoms with E-state index in [-0.39, 0.29) is 24.2 Å². The molecule has 5 nitrogen and oxygen atoms in total. The molecule has 0 saturated heterocycles. The molecule has 1 amide bonds. The van der Waals surface area contributed by atoms with Crippen LogP contribution in [0.3, 0.4) is 0 Å². The van der Waals surface area contributed by atoms with E-state index in [1.807, 2.05) is 32.8 Å². The highest BCUT2D eigenvalue weighted by molar-refractivity contribution is 5.75. The summed E-state index contributed by atoms with van der Waals surface area (Å²) in [6, 6.07) is 0. The number of halogens is 1. The fourth-order valence-corrected chi connectivity index (χ4v) is 1.86. The summed E-state index contributed by atoms with van der Waals surface area (Å²) in [5, 5.41) is 6.88. The number of likely N-dealkylation sites (N-methyl/N-ethyl adjacent to an activating group) is 1. The number of carbonyl (C=O) groups is 1. The molecule has 1 rings (SSSR count). The van der Waals surface area contributed by atoms with E-state index in [0.717, 1.165) is 6.54 Å². The molecule has 6 heteroatoms. The van der Waals surface area contributed by atoms with E-state index in [9.17, 15) is 9.18 Å². The van der Waals surface area contributed by atoms with Crippen molar-refractivity contribution in [1.29, 1.82) is 0 Å². The maximum absolute atomic E-state index is 13.9. The molecule has 0 aromatic carbocycles. The van der Waals surface area contributed by atoms with Gasteiger partial charge in [-0.25, -0.2) is 4.39 Å². The maximum atomic E-state index is 13.9. The van der Waals surface area contributed by atoms with Crippen LogP contribution in [-0.4, -0.2) is 47.8 Å². The molecule has 0 atom stereocenters. The van der Waals surface area contributed by atoms with Crippen LogP contribution in [0.15, 0.2) is 0 Å². The third kappa shape index (κ3) is 4.31. The minimum Gasteiger partial charge on any atom is -0.353 e. The Bertz CT molecular complexity index is 440. The molecule has 19 heavy (non-hydrogen) atoms. The first kappa shape index (κ1) is 15.6. The number of amides is 1. The van der Waals surface area contributed by atoms with Crippen LogP contribution in [0.2, 0.25) is 0 Å². The fourth-order valence-electron chi connectivity index (χ4n) is 1.86. The Morgan fingerprint density at radius 3 is 2.63 bits per heavy atom. The van der Waals surface area contributed by atoms with Crippen molar-refractivity contribution in [2.75, 3.05) is 27.2 Å². The first-order valence-electron chi connectivity index (χ1n) is 6.47. The minimum atomic E-state index is -0.309. The third-order valence-electron chi connectivity index (χ3n) is 2.81. The molecule has 0 bridgehead atoms. The molecule has 0 unspecified atom stereocenters. The summed E-state index contributed by atoms with van der Waals surface area (Å²) < 4.78 is 15.3. The Morgan fingerprint density at radius 1 is 1.47 bits per heavy atom. The highest BCUT2D eigenvalue weighted by atomic mass is 19.1. The Labute approximate surface area is 113 Å². The fraction of sp³-hybridized carbons (Fsp3) is 0.692. The molecule has 1 aromatic rings. The number of aryl methyl sites for hydroxylation is 1. The van der Waals surface area contributed by atoms with E-state index in [2.05, 4.69) is 10.4 Å². The number of nitrogens with one attached hydrogen (secondary N) is 1. The van der Waals surface area contributed by atoms with Gasteiger partial charge < -0.3 is 10.2 Å². The van der Waals surface area contributed by atoms with Crippen LogP contribution in [-0.2, 0) is 11.3 Å². The second-order valence-electron chi connectivity index (χ2n) is 5.25. The van der Waals surface area contributed by atoms with Crippen LogP contribution in [0, 0.1) is 12.7 Å². The standard InChI is InChI=1S/C13H23FN4O/c1-9(2)13-12(14)10(3)16-18(13)8-11(19)15-6-7-17(4)5/h9H,6-8H2,1-5H3,(H,15,19). The normalized spacial score (nSPS) is 11.4. The highest BCUT2D eigenvalue weighted by Gasteiger charge is 2.19. The molecule has 0 aliphatic heterocycles. The van der Waals surface area contributed by atoms with Gasteiger partial charge in [-0.15, -0.1) is 0 Å². The van der Waals surface area contributed by atoms with E-state index in [1.165, 1.54) is 4.68 Å². The quantitative estimate of drug-likeness (QED) is 0.843. The van der Waals surface area contributed by atoms with Crippen molar-refractivity contribution in [3.63, 3.8) is 0 Å². The van der Waals surface area contributed by atoms with Crippen molar-refractivity contribution < 1.29 is 9.18 Å². The van der Waals surface area contributed by atoms with Crippen molar-refractivity contribution in [2.24, 2.45) is 0 Å². The summed E-state index contributed by atoms with van der Waals surface area (Å²) in [5.74, 6) is -0.460. The lowest BCUT2D eigenvalue weighted by atomic mass is 10.1. The van der Waals surface area contributed by atoms with Gasteiger partial charge >= 0.3 is 0 Å². The Kier molecular flexibility index (Phi) is 5.47. The molecule has 1 aromatic heterocycles. The Hall–Kier alpha value is -1.43. The Balaban J connectivity index is 2.66. The van der Waals surface area contributed by atoms with Gasteiger partial charge in [0.2, 0.25) is 5.91 Å². The van der Waals surface area contributed by atoms with Gasteiger partial charge in [-0.05, 0) is 26.9 Å². The Morgan fingerprint density at radius 2 is 2.11 bits per heavy atom. The summed E-state index contributed by atoms with van der Waals surface area (Å²) in [5.41, 5.74) is 0.824. The molecule has 1 N–H and O–H groups in total. The van der Waals surface area contributed by atoms with E-state index in [1.54, 1.807) is 6.92 Å². The van der Waals surface area contributed by atoms with Gasteiger partial charge in [-0.2, -0.15) is 5.10 Å². The predicted molar refractivity (Wildman–Crippen MR) is 72.6 cm³/mol. The lowest BCUT2D eigenvalue weighted by Crippen LogP contribution is -2.34. The predicted octanol–water partition coefficient (Wildman–Crippen LogP) is 1.13. The van der Waals surface area contributed by atoms with Crippen molar-refractivity contribution >= 4 is 5.91 Å². The van der Waals surface area contributed by atoms with Gasteiger partial charge in [-0.1, -0.05) is 13.8 Å². The summed E-state index contributed by atoms with van der Waals surface area (Å²) >= 11 is 0. The van der Waals surface area contributed by atoms with Crippen LogP contribution in [0.5, 0.6) is 0 Å². The molecular weight excluding hydrogens is 247 g/mol. The number of nitrogens with zero attached hydrogens (tertiary/aromatic N) is 3. The van der Waals surface area contributed by atoms with Gasteiger partial charge in [-0.3, -0.25) is 9.48 Å². The van der Waals surface area contributed by atoms with Crippen molar-refractivity contribution in [3.05, 3.63) is 17.2 Å². The molecule has 108 valence electrons. The van der Waals surface area contributed by atoms with Gasteiger partial charge in [0.15, 0.2) is 5.82 Å². The van der Waals surface area contributed by atoms with Crippen molar-refractivity contribution in [2.45, 2.75) is 33.2 Å². The molecule has 0 spiro atoms. The molecule has 0 fully saturated rings. The lowest BCUT2D eigenvalue weighted by molar-refractivity contribution is -0.121. The number of aromatic nitrogens is 2. The monoisotopic (exact) mass is 270 g/mol. The van der Waals surface area contributed by atoms with Crippen LogP contribution < -0.4 is 5.32 Å². The summed E-state index contributed by atoms with van der Waals surface area (Å²) in [6.45, 7) is 6.80. The SMILES string of the molecule is Cc1nn(CC(=O)NCCN(C)C)c(C(C)C)c1F. The molecule has 0 aliphatic rings. The zero-order valence-electron chi connectivity index (χ0n) is 12.3. The zero-order chi connectivity index (χ0) is 14.6. The average Bonchev–Trinajstić information content (AvgIpc) is 2.53. The molecule has 0 radical (unpaired) electrons. The lowest BCUT2D eigenvalue weighted by Gasteiger charge is -2.12. The average molecular weight is 270 g/mol. The van der Waals surface area contributed by atoms with E-state index >= 15 is 0 Å². The molecule has 1 heterocycles. The van der Waals surface area contributed by atoms with Crippen molar-refractivity contribution in [1.82, 2.24) is 20.0 Å². The van der Waals surface area contributed by atoms with Crippen LogP contribution in [0.4, 0.5) is 4.39 Å². The largest absolute Gasteiger partial charge is 0.353 e. The third-order valence-corrected chi connectivity index (χ3v) is 2.81. The van der Waals surface area contributed by atoms with Gasteiger partial charge in [0.1, 0.15) is 6.54 Å². The maximum Gasteiger partial charge on any atom is 0.241 e. The van der Waals surface area contributed by atoms with Gasteiger partial charge in [0, 0.05) is 13.1 Å². The number of hydrogen-bond acceptors (Lipinski definition) is 3. The topological polar surface area (TPSA) is 50.2 Å². The van der Waals surface area contributed by atoms with Crippen LogP contribution in [0.25, 0.3) is 0 Å². The molecule has 0 saturated carbocycles. The number of hydrogen-bond donors (Lipinski definition) is 1. The smallest absolute Gasteiger partial charge is 0.241 e. The van der Waals surface area contributed by atoms with E-state index in [0.29, 0.717) is 17.9 Å². The zero-order valence-corrected chi connectivity index (χ0v) is 12.3. The van der Waals surface area contributed by atoms with Crippen LogP contribution in [0.1, 0.15) is 31.2 Å². The van der Waals surface area contributed by atoms with E-state index in [4.69, 9.17) is 0 Å². The summed E-state index contributed by atoms with van der Waals surface area (Å²) in [6.07, 6.45) is 0. The first-order chi connectivity index (χ1) is 8.82. The number of carbonyl (C=O) groups excluding carboxylic acids is 1. The van der Waals surface area contributed by atoms with Crippen molar-refractivity contribution in [3.8, 4) is 0 Å². The van der Waals surface area contributed by atoms with Crippen LogP contribution >= 0.6 is 0 Å². The van der Waals surface area contributed by atoms with Gasteiger partial charge in [0.25, 0.3) is 0 Å². The second kappa shape index (κ2) is 6.65. The summed E-state index contributed by atoms with van der Waals surface area (Å²) in [4.78, 5) is 13.8. The van der Waals surface area contributed by atoms with E-state index < -0.39 is 0 Å². The molecule has 0 aliphatic carbocycles. The number of rotatable bonds is 6. The minimum absolute atomic E-state index is 0.00391. The highest BCUT2D eigenvalue weighted by Crippen LogP contribution is 2.20. The second-order valence-corrected chi connectivity index (χ2v) is 5.25. The first-order valence-corrected chi connectivity index (χ1v) is 6.47. The van der Waals surface area contributed by atoms with Gasteiger partial charge in [0.05, 0.1) is 11.4 Å². The molecular formula is C13H23FN4O. The summed E-state index contributed by atoms with van der Waals surface area (Å²) in [7, 11) is 3.88.